The zero-order chi connectivity index (χ0) is 19.3. The highest BCUT2D eigenvalue weighted by atomic mass is 15.1. The first-order valence-electron chi connectivity index (χ1n) is 9.62. The highest BCUT2D eigenvalue weighted by Crippen LogP contribution is 2.31. The molecule has 1 saturated heterocycles. The number of nitrogens with zero attached hydrogens (tertiary/aromatic N) is 3. The smallest absolute Gasteiger partial charge is 0.223 e. The second-order valence-electron chi connectivity index (χ2n) is 7.25. The molecule has 5 nitrogen and oxygen atoms in total. The van der Waals surface area contributed by atoms with E-state index >= 15 is 0 Å². The molecule has 1 unspecified atom stereocenters. The average Bonchev–Trinajstić information content (AvgIpc) is 3.27. The van der Waals surface area contributed by atoms with Gasteiger partial charge in [-0.2, -0.15) is 5.26 Å². The zero-order valence-electron chi connectivity index (χ0n) is 15.9. The molecule has 0 saturated carbocycles. The molecule has 5 heteroatoms. The molecule has 0 bridgehead atoms. The van der Waals surface area contributed by atoms with E-state index in [9.17, 15) is 0 Å². The van der Waals surface area contributed by atoms with Crippen molar-refractivity contribution in [1.29, 1.82) is 5.26 Å². The number of anilines is 1. The molecule has 2 aromatic carbocycles. The fourth-order valence-corrected chi connectivity index (χ4v) is 3.46. The van der Waals surface area contributed by atoms with E-state index in [1.807, 2.05) is 30.5 Å². The summed E-state index contributed by atoms with van der Waals surface area (Å²) in [5.74, 6) is 1.25. The average molecular weight is 369 g/mol. The van der Waals surface area contributed by atoms with Gasteiger partial charge in [-0.05, 0) is 50.0 Å². The summed E-state index contributed by atoms with van der Waals surface area (Å²) < 4.78 is 0. The van der Waals surface area contributed by atoms with Gasteiger partial charge in [-0.3, -0.25) is 0 Å². The predicted octanol–water partition coefficient (Wildman–Crippen LogP) is 4.01. The van der Waals surface area contributed by atoms with E-state index in [0.717, 1.165) is 42.0 Å². The third-order valence-electron chi connectivity index (χ3n) is 5.15. The Labute approximate surface area is 165 Å². The van der Waals surface area contributed by atoms with Crippen LogP contribution in [0.4, 0.5) is 5.95 Å². The lowest BCUT2D eigenvalue weighted by Gasteiger charge is -2.14. The molecule has 1 aliphatic heterocycles. The van der Waals surface area contributed by atoms with E-state index in [1.165, 1.54) is 12.0 Å². The van der Waals surface area contributed by atoms with Gasteiger partial charge in [0, 0.05) is 23.9 Å². The quantitative estimate of drug-likeness (QED) is 0.711. The number of hydrogen-bond acceptors (Lipinski definition) is 5. The van der Waals surface area contributed by atoms with Crippen LogP contribution in [0, 0.1) is 24.2 Å². The monoisotopic (exact) mass is 369 g/mol. The van der Waals surface area contributed by atoms with Gasteiger partial charge in [0.2, 0.25) is 5.95 Å². The van der Waals surface area contributed by atoms with Crippen molar-refractivity contribution in [1.82, 2.24) is 15.3 Å². The van der Waals surface area contributed by atoms with Gasteiger partial charge in [-0.1, -0.05) is 42.0 Å². The van der Waals surface area contributed by atoms with Crippen LogP contribution >= 0.6 is 0 Å². The fraction of sp³-hybridized carbons (Fsp3) is 0.261. The van der Waals surface area contributed by atoms with Gasteiger partial charge in [-0.15, -0.1) is 0 Å². The van der Waals surface area contributed by atoms with Crippen molar-refractivity contribution in [3.05, 3.63) is 65.9 Å². The van der Waals surface area contributed by atoms with E-state index in [4.69, 9.17) is 10.2 Å². The summed E-state index contributed by atoms with van der Waals surface area (Å²) in [6, 6.07) is 18.1. The topological polar surface area (TPSA) is 73.6 Å². The second kappa shape index (κ2) is 8.20. The number of aryl methyl sites for hydroxylation is 1. The molecule has 2 N–H and O–H groups in total. The first kappa shape index (κ1) is 18.1. The summed E-state index contributed by atoms with van der Waals surface area (Å²) in [6.07, 6.45) is 3.07. The van der Waals surface area contributed by atoms with Crippen LogP contribution in [-0.2, 0) is 0 Å². The van der Waals surface area contributed by atoms with Gasteiger partial charge in [0.05, 0.1) is 17.3 Å². The molecule has 0 aliphatic carbocycles. The maximum Gasteiger partial charge on any atom is 0.223 e. The van der Waals surface area contributed by atoms with Crippen LogP contribution in [0.15, 0.2) is 54.7 Å². The highest BCUT2D eigenvalue weighted by molar-refractivity contribution is 5.81. The Hall–Kier alpha value is -3.23. The fourth-order valence-electron chi connectivity index (χ4n) is 3.46. The predicted molar refractivity (Wildman–Crippen MR) is 112 cm³/mol. The molecule has 1 aliphatic rings. The Kier molecular flexibility index (Phi) is 5.31. The van der Waals surface area contributed by atoms with Crippen molar-refractivity contribution in [2.45, 2.75) is 13.3 Å². The van der Waals surface area contributed by atoms with E-state index in [-0.39, 0.29) is 0 Å². The van der Waals surface area contributed by atoms with Crippen molar-refractivity contribution in [2.75, 3.05) is 25.0 Å². The summed E-state index contributed by atoms with van der Waals surface area (Å²) in [6.45, 7) is 5.06. The zero-order valence-corrected chi connectivity index (χ0v) is 15.9. The SMILES string of the molecule is Cc1ccc(-c2cnc(NCC3CCNC3)nc2-c2ccc(C#N)cc2)cc1. The molecule has 28 heavy (non-hydrogen) atoms. The van der Waals surface area contributed by atoms with Crippen LogP contribution in [0.1, 0.15) is 17.5 Å². The third kappa shape index (κ3) is 4.03. The molecular formula is C23H23N5. The Bertz CT molecular complexity index is 981. The van der Waals surface area contributed by atoms with Crippen LogP contribution in [0.5, 0.6) is 0 Å². The van der Waals surface area contributed by atoms with Crippen LogP contribution in [0.3, 0.4) is 0 Å². The molecular weight excluding hydrogens is 346 g/mol. The largest absolute Gasteiger partial charge is 0.354 e. The Morgan fingerprint density at radius 2 is 1.86 bits per heavy atom. The van der Waals surface area contributed by atoms with Crippen LogP contribution in [0.2, 0.25) is 0 Å². The van der Waals surface area contributed by atoms with Gasteiger partial charge >= 0.3 is 0 Å². The molecule has 1 atom stereocenters. The third-order valence-corrected chi connectivity index (χ3v) is 5.15. The molecule has 3 aromatic rings. The number of nitriles is 1. The lowest BCUT2D eigenvalue weighted by molar-refractivity contribution is 0.613. The van der Waals surface area contributed by atoms with Crippen LogP contribution in [-0.4, -0.2) is 29.6 Å². The molecule has 0 amide bonds. The molecule has 2 heterocycles. The Morgan fingerprint density at radius 1 is 1.11 bits per heavy atom. The molecule has 4 rings (SSSR count). The number of rotatable bonds is 5. The first-order valence-corrected chi connectivity index (χ1v) is 9.62. The lowest BCUT2D eigenvalue weighted by atomic mass is 9.99. The van der Waals surface area contributed by atoms with Gasteiger partial charge in [0.1, 0.15) is 0 Å². The van der Waals surface area contributed by atoms with Crippen molar-refractivity contribution in [3.63, 3.8) is 0 Å². The maximum absolute atomic E-state index is 9.08. The normalized spacial score (nSPS) is 15.9. The minimum absolute atomic E-state index is 0.610. The van der Waals surface area contributed by atoms with Crippen molar-refractivity contribution in [2.24, 2.45) is 5.92 Å². The summed E-state index contributed by atoms with van der Waals surface area (Å²) in [5, 5.41) is 15.9. The minimum atomic E-state index is 0.610. The molecule has 140 valence electrons. The number of aromatic nitrogens is 2. The molecule has 0 spiro atoms. The Balaban J connectivity index is 1.69. The summed E-state index contributed by atoms with van der Waals surface area (Å²) in [4.78, 5) is 9.40. The Morgan fingerprint density at radius 3 is 2.54 bits per heavy atom. The summed E-state index contributed by atoms with van der Waals surface area (Å²) in [7, 11) is 0. The molecule has 1 aromatic heterocycles. The maximum atomic E-state index is 9.08. The van der Waals surface area contributed by atoms with Gasteiger partial charge in [-0.25, -0.2) is 9.97 Å². The highest BCUT2D eigenvalue weighted by Gasteiger charge is 2.16. The second-order valence-corrected chi connectivity index (χ2v) is 7.25. The number of hydrogen-bond donors (Lipinski definition) is 2. The van der Waals surface area contributed by atoms with E-state index in [0.29, 0.717) is 17.4 Å². The van der Waals surface area contributed by atoms with E-state index in [2.05, 4.69) is 52.9 Å². The standard InChI is InChI=1S/C23H23N5/c1-16-2-6-19(7-3-16)21-15-27-23(26-14-18-10-11-25-13-18)28-22(21)20-8-4-17(12-24)5-9-20/h2-9,15,18,25H,10-11,13-14H2,1H3,(H,26,27,28). The van der Waals surface area contributed by atoms with Crippen molar-refractivity contribution >= 4 is 5.95 Å². The summed E-state index contributed by atoms with van der Waals surface area (Å²) >= 11 is 0. The molecule has 0 radical (unpaired) electrons. The number of benzene rings is 2. The van der Waals surface area contributed by atoms with Crippen molar-refractivity contribution in [3.8, 4) is 28.5 Å². The first-order chi connectivity index (χ1) is 13.7. The van der Waals surface area contributed by atoms with E-state index in [1.54, 1.807) is 0 Å². The lowest BCUT2D eigenvalue weighted by Crippen LogP contribution is -2.18. The van der Waals surface area contributed by atoms with E-state index < -0.39 is 0 Å². The van der Waals surface area contributed by atoms with Gasteiger partial charge in [0.15, 0.2) is 0 Å². The van der Waals surface area contributed by atoms with Gasteiger partial charge in [0.25, 0.3) is 0 Å². The number of nitrogens with one attached hydrogen (secondary N) is 2. The van der Waals surface area contributed by atoms with Crippen molar-refractivity contribution < 1.29 is 0 Å². The molecule has 1 fully saturated rings. The minimum Gasteiger partial charge on any atom is -0.354 e. The van der Waals surface area contributed by atoms with Gasteiger partial charge < -0.3 is 10.6 Å². The van der Waals surface area contributed by atoms with Crippen LogP contribution < -0.4 is 10.6 Å². The summed E-state index contributed by atoms with van der Waals surface area (Å²) in [5.41, 5.74) is 5.77. The van der Waals surface area contributed by atoms with Crippen LogP contribution in [0.25, 0.3) is 22.4 Å².